The lowest BCUT2D eigenvalue weighted by Gasteiger charge is -2.20. The first kappa shape index (κ1) is 17.2. The van der Waals surface area contributed by atoms with E-state index in [-0.39, 0.29) is 18.8 Å². The average Bonchev–Trinajstić information content (AvgIpc) is 2.28. The van der Waals surface area contributed by atoms with E-state index in [4.69, 9.17) is 15.6 Å². The number of rotatable bonds is 5. The monoisotopic (exact) mass is 293 g/mol. The Bertz CT molecular complexity index is 512. The number of hydrogen-bond acceptors (Lipinski definition) is 4. The van der Waals surface area contributed by atoms with Crippen LogP contribution in [-0.4, -0.2) is 28.2 Å². The Morgan fingerprint density at radius 3 is 2.00 bits per heavy atom. The minimum Gasteiger partial charge on any atom is -0.480 e. The maximum atomic E-state index is 11.7. The summed E-state index contributed by atoms with van der Waals surface area (Å²) in [5, 5.41) is 9.00. The van der Waals surface area contributed by atoms with Gasteiger partial charge in [-0.05, 0) is 38.8 Å². The fraction of sp³-hybridized carbons (Fsp3) is 0.500. The van der Waals surface area contributed by atoms with Gasteiger partial charge < -0.3 is 15.6 Å². The van der Waals surface area contributed by atoms with Crippen LogP contribution in [0.3, 0.4) is 0 Å². The summed E-state index contributed by atoms with van der Waals surface area (Å²) in [6.45, 7) is 6.94. The van der Waals surface area contributed by atoms with Crippen molar-refractivity contribution < 1.29 is 19.4 Å². The van der Waals surface area contributed by atoms with E-state index in [9.17, 15) is 9.59 Å². The molecule has 1 atom stereocenters. The van der Waals surface area contributed by atoms with Crippen LogP contribution >= 0.6 is 0 Å². The highest BCUT2D eigenvalue weighted by Gasteiger charge is 2.28. The largest absolute Gasteiger partial charge is 0.480 e. The number of benzene rings is 1. The van der Waals surface area contributed by atoms with E-state index in [1.54, 1.807) is 24.3 Å². The van der Waals surface area contributed by atoms with Crippen molar-refractivity contribution in [2.24, 2.45) is 5.73 Å². The van der Waals surface area contributed by atoms with Crippen molar-refractivity contribution in [2.45, 2.75) is 51.7 Å². The average molecular weight is 293 g/mol. The third-order valence-corrected chi connectivity index (χ3v) is 2.85. The van der Waals surface area contributed by atoms with Crippen LogP contribution < -0.4 is 5.73 Å². The van der Waals surface area contributed by atoms with E-state index >= 15 is 0 Å². The van der Waals surface area contributed by atoms with E-state index in [1.807, 2.05) is 20.8 Å². The van der Waals surface area contributed by atoms with E-state index in [0.29, 0.717) is 0 Å². The number of carboxylic acid groups (broad SMARTS) is 1. The summed E-state index contributed by atoms with van der Waals surface area (Å²) in [4.78, 5) is 22.7. The van der Waals surface area contributed by atoms with E-state index in [2.05, 4.69) is 0 Å². The summed E-state index contributed by atoms with van der Waals surface area (Å²) in [6, 6.07) is 7.15. The van der Waals surface area contributed by atoms with Gasteiger partial charge in [0.1, 0.15) is 11.1 Å². The van der Waals surface area contributed by atoms with Gasteiger partial charge in [-0.15, -0.1) is 0 Å². The van der Waals surface area contributed by atoms with Gasteiger partial charge in [-0.3, -0.25) is 9.59 Å². The Balaban J connectivity index is 2.67. The molecule has 0 aliphatic rings. The van der Waals surface area contributed by atoms with Crippen LogP contribution in [0.4, 0.5) is 0 Å². The van der Waals surface area contributed by atoms with E-state index < -0.39 is 17.1 Å². The highest BCUT2D eigenvalue weighted by molar-refractivity contribution is 5.78. The highest BCUT2D eigenvalue weighted by atomic mass is 16.6. The zero-order valence-electron chi connectivity index (χ0n) is 13.0. The van der Waals surface area contributed by atoms with E-state index in [0.717, 1.165) is 11.1 Å². The van der Waals surface area contributed by atoms with Gasteiger partial charge in [0.15, 0.2) is 0 Å². The number of aliphatic carboxylic acids is 1. The van der Waals surface area contributed by atoms with Crippen LogP contribution in [0.5, 0.6) is 0 Å². The van der Waals surface area contributed by atoms with Crippen molar-refractivity contribution >= 4 is 11.9 Å². The number of esters is 1. The van der Waals surface area contributed by atoms with Crippen molar-refractivity contribution in [2.75, 3.05) is 0 Å². The molecule has 21 heavy (non-hydrogen) atoms. The van der Waals surface area contributed by atoms with Gasteiger partial charge in [0, 0.05) is 6.42 Å². The third-order valence-electron chi connectivity index (χ3n) is 2.85. The predicted octanol–water partition coefficient (Wildman–Crippen LogP) is 1.92. The van der Waals surface area contributed by atoms with Crippen LogP contribution in [0.15, 0.2) is 24.3 Å². The zero-order valence-corrected chi connectivity index (χ0v) is 13.0. The highest BCUT2D eigenvalue weighted by Crippen LogP contribution is 2.14. The standard InChI is InChI=1S/C16H23NO4/c1-15(2,3)21-13(18)9-11-5-7-12(8-6-11)10-16(4,17)14(19)20/h5-8H,9-10,17H2,1-4H3,(H,19,20)/t16-/m0/s1. The van der Waals surface area contributed by atoms with Gasteiger partial charge in [-0.1, -0.05) is 24.3 Å². The lowest BCUT2D eigenvalue weighted by atomic mass is 9.93. The van der Waals surface area contributed by atoms with Crippen LogP contribution in [0.1, 0.15) is 38.8 Å². The minimum absolute atomic E-state index is 0.191. The number of ether oxygens (including phenoxy) is 1. The Labute approximate surface area is 125 Å². The molecule has 5 heteroatoms. The topological polar surface area (TPSA) is 89.6 Å². The molecule has 0 saturated carbocycles. The first-order valence-corrected chi connectivity index (χ1v) is 6.81. The van der Waals surface area contributed by atoms with Crippen molar-refractivity contribution in [3.63, 3.8) is 0 Å². The van der Waals surface area contributed by atoms with Gasteiger partial charge in [-0.25, -0.2) is 0 Å². The summed E-state index contributed by atoms with van der Waals surface area (Å²) >= 11 is 0. The number of hydrogen-bond donors (Lipinski definition) is 2. The molecule has 0 fully saturated rings. The molecule has 116 valence electrons. The van der Waals surface area contributed by atoms with Crippen molar-refractivity contribution in [1.29, 1.82) is 0 Å². The maximum Gasteiger partial charge on any atom is 0.323 e. The molecule has 0 aliphatic carbocycles. The molecule has 0 heterocycles. The maximum absolute atomic E-state index is 11.7. The molecule has 1 rings (SSSR count). The summed E-state index contributed by atoms with van der Waals surface area (Å²) in [7, 11) is 0. The Hall–Kier alpha value is -1.88. The summed E-state index contributed by atoms with van der Waals surface area (Å²) < 4.78 is 5.25. The lowest BCUT2D eigenvalue weighted by Crippen LogP contribution is -2.46. The Morgan fingerprint density at radius 1 is 1.10 bits per heavy atom. The van der Waals surface area contributed by atoms with Crippen molar-refractivity contribution in [3.8, 4) is 0 Å². The molecule has 1 aromatic carbocycles. The second kappa shape index (κ2) is 6.26. The molecule has 1 aromatic rings. The van der Waals surface area contributed by atoms with Gasteiger partial charge in [0.05, 0.1) is 6.42 Å². The molecule has 0 spiro atoms. The number of carbonyl (C=O) groups is 2. The molecular formula is C16H23NO4. The predicted molar refractivity (Wildman–Crippen MR) is 79.9 cm³/mol. The molecule has 0 unspecified atom stereocenters. The zero-order chi connectivity index (χ0) is 16.3. The second-order valence-electron chi connectivity index (χ2n) is 6.48. The van der Waals surface area contributed by atoms with Crippen LogP contribution in [0, 0.1) is 0 Å². The normalized spacial score (nSPS) is 14.3. The summed E-state index contributed by atoms with van der Waals surface area (Å²) in [5.74, 6) is -1.33. The Kier molecular flexibility index (Phi) is 5.12. The fourth-order valence-corrected chi connectivity index (χ4v) is 1.82. The molecule has 0 aromatic heterocycles. The van der Waals surface area contributed by atoms with Gasteiger partial charge in [0.25, 0.3) is 0 Å². The fourth-order valence-electron chi connectivity index (χ4n) is 1.82. The molecule has 0 amide bonds. The first-order chi connectivity index (χ1) is 9.49. The number of carboxylic acids is 1. The summed E-state index contributed by atoms with van der Waals surface area (Å²) in [6.07, 6.45) is 0.422. The molecular weight excluding hydrogens is 270 g/mol. The lowest BCUT2D eigenvalue weighted by molar-refractivity contribution is -0.154. The Morgan fingerprint density at radius 2 is 1.57 bits per heavy atom. The van der Waals surface area contributed by atoms with Gasteiger partial charge in [-0.2, -0.15) is 0 Å². The molecule has 3 N–H and O–H groups in total. The molecule has 0 saturated heterocycles. The number of nitrogens with two attached hydrogens (primary N) is 1. The SMILES string of the molecule is CC(C)(C)OC(=O)Cc1ccc(C[C@](C)(N)C(=O)O)cc1. The van der Waals surface area contributed by atoms with E-state index in [1.165, 1.54) is 6.92 Å². The first-order valence-electron chi connectivity index (χ1n) is 6.81. The smallest absolute Gasteiger partial charge is 0.323 e. The summed E-state index contributed by atoms with van der Waals surface area (Å²) in [5.41, 5.74) is 5.54. The van der Waals surface area contributed by atoms with Crippen LogP contribution in [0.25, 0.3) is 0 Å². The van der Waals surface area contributed by atoms with Crippen molar-refractivity contribution in [3.05, 3.63) is 35.4 Å². The minimum atomic E-state index is -1.30. The third kappa shape index (κ3) is 5.95. The molecule has 0 aliphatic heterocycles. The van der Waals surface area contributed by atoms with Gasteiger partial charge in [0.2, 0.25) is 0 Å². The quantitative estimate of drug-likeness (QED) is 0.809. The molecule has 0 radical (unpaired) electrons. The van der Waals surface area contributed by atoms with Gasteiger partial charge >= 0.3 is 11.9 Å². The molecule has 0 bridgehead atoms. The van der Waals surface area contributed by atoms with Crippen molar-refractivity contribution in [1.82, 2.24) is 0 Å². The number of carbonyl (C=O) groups excluding carboxylic acids is 1. The second-order valence-corrected chi connectivity index (χ2v) is 6.48. The van der Waals surface area contributed by atoms with Crippen LogP contribution in [-0.2, 0) is 27.2 Å². The molecule has 5 nitrogen and oxygen atoms in total. The van der Waals surface area contributed by atoms with Crippen LogP contribution in [0.2, 0.25) is 0 Å².